The van der Waals surface area contributed by atoms with E-state index in [1.165, 1.54) is 0 Å². The zero-order valence-corrected chi connectivity index (χ0v) is 50.9. The largest absolute Gasteiger partial charge is 0.449 e. The summed E-state index contributed by atoms with van der Waals surface area (Å²) >= 11 is 0. The molecule has 8 aromatic rings. The van der Waals surface area contributed by atoms with Crippen LogP contribution in [0.1, 0.15) is 104 Å². The minimum atomic E-state index is -0.800. The van der Waals surface area contributed by atoms with E-state index in [1.807, 2.05) is 102 Å². The molecule has 16 nitrogen and oxygen atoms in total. The molecule has 0 aromatic heterocycles. The molecule has 5 amide bonds. The van der Waals surface area contributed by atoms with E-state index in [0.717, 1.165) is 77.9 Å². The number of alkyl carbamates (subject to hydrolysis) is 3. The Labute approximate surface area is 519 Å². The standard InChI is InChI=1S/C73H74N6O10/c1-72(2,3)88-70(83)77-65-33-31-46(39-48(65)41-76-69(82)87-45-64-60-29-17-11-23-54(60)55-24-12-18-30-61(55)64)47-32-34-66(78-71(84)89-73(4,5)6)49(40-47)42-79(37-35-74-67(80)85-43-62-56-25-13-7-19-50(56)51-20-8-14-26-57(51)62)38-36-75-68(81)86-44-63-58-27-15-9-21-52(58)53-22-10-16-28-59(53)63/h7-34,39-40,62-64H,35-38,41-45H2,1-6H3,(H,74,80)(H,75,81)(H,76,82)(H,77,83)(H,78,84). The number of ether oxygens (including phenoxy) is 5. The van der Waals surface area contributed by atoms with E-state index in [0.29, 0.717) is 35.6 Å². The molecule has 0 spiro atoms. The maximum atomic E-state index is 13.6. The van der Waals surface area contributed by atoms with Gasteiger partial charge in [0, 0.05) is 68.4 Å². The highest BCUT2D eigenvalue weighted by Crippen LogP contribution is 2.47. The molecule has 3 aliphatic carbocycles. The van der Waals surface area contributed by atoms with Crippen LogP contribution in [0.15, 0.2) is 182 Å². The summed E-state index contributed by atoms with van der Waals surface area (Å²) in [5.41, 5.74) is 15.3. The lowest BCUT2D eigenvalue weighted by atomic mass is 9.98. The Morgan fingerprint density at radius 3 is 1.02 bits per heavy atom. The van der Waals surface area contributed by atoms with Crippen LogP contribution in [0.5, 0.6) is 0 Å². The lowest BCUT2D eigenvalue weighted by Gasteiger charge is -2.25. The molecular weight excluding hydrogens is 1120 g/mol. The van der Waals surface area contributed by atoms with Gasteiger partial charge in [-0.3, -0.25) is 15.5 Å². The van der Waals surface area contributed by atoms with Gasteiger partial charge in [0.2, 0.25) is 0 Å². The van der Waals surface area contributed by atoms with Crippen LogP contribution in [0.4, 0.5) is 35.3 Å². The summed E-state index contributed by atoms with van der Waals surface area (Å²) in [7, 11) is 0. The summed E-state index contributed by atoms with van der Waals surface area (Å²) < 4.78 is 29.1. The number of fused-ring (bicyclic) bond motifs is 9. The third-order valence-corrected chi connectivity index (χ3v) is 16.1. The minimum absolute atomic E-state index is 0.0259. The van der Waals surface area contributed by atoms with Crippen molar-refractivity contribution < 1.29 is 47.7 Å². The summed E-state index contributed by atoms with van der Waals surface area (Å²) in [6.07, 6.45) is -3.13. The number of carbonyl (C=O) groups excluding carboxylic acids is 5. The molecule has 0 unspecified atom stereocenters. The van der Waals surface area contributed by atoms with Crippen molar-refractivity contribution in [3.05, 3.63) is 226 Å². The predicted molar refractivity (Wildman–Crippen MR) is 345 cm³/mol. The van der Waals surface area contributed by atoms with Gasteiger partial charge in [0.25, 0.3) is 0 Å². The van der Waals surface area contributed by atoms with Crippen molar-refractivity contribution in [1.82, 2.24) is 20.9 Å². The molecule has 0 radical (unpaired) electrons. The molecule has 0 atom stereocenters. The van der Waals surface area contributed by atoms with Crippen molar-refractivity contribution in [2.75, 3.05) is 56.6 Å². The molecule has 0 saturated carbocycles. The number of anilines is 2. The molecule has 3 aliphatic rings. The summed E-state index contributed by atoms with van der Waals surface area (Å²) in [5, 5.41) is 14.7. The highest BCUT2D eigenvalue weighted by Gasteiger charge is 2.32. The quantitative estimate of drug-likeness (QED) is 0.0484. The average Bonchev–Trinajstić information content (AvgIpc) is 1.78. The molecule has 0 fully saturated rings. The maximum Gasteiger partial charge on any atom is 0.412 e. The van der Waals surface area contributed by atoms with Crippen molar-refractivity contribution in [2.45, 2.75) is 83.6 Å². The van der Waals surface area contributed by atoms with E-state index >= 15 is 0 Å². The summed E-state index contributed by atoms with van der Waals surface area (Å²) in [6, 6.07) is 59.9. The summed E-state index contributed by atoms with van der Waals surface area (Å²) in [6.45, 7) is 12.2. The van der Waals surface area contributed by atoms with Crippen LogP contribution in [0.25, 0.3) is 44.5 Å². The van der Waals surface area contributed by atoms with Crippen molar-refractivity contribution >= 4 is 41.8 Å². The highest BCUT2D eigenvalue weighted by atomic mass is 16.6. The third kappa shape index (κ3) is 14.6. The second kappa shape index (κ2) is 26.6. The van der Waals surface area contributed by atoms with Crippen LogP contribution in [0.3, 0.4) is 0 Å². The molecule has 5 N–H and O–H groups in total. The van der Waals surface area contributed by atoms with E-state index in [2.05, 4.69) is 99.4 Å². The van der Waals surface area contributed by atoms with Gasteiger partial charge in [-0.1, -0.05) is 158 Å². The number of carbonyl (C=O) groups is 5. The molecule has 0 saturated heterocycles. The fourth-order valence-corrected chi connectivity index (χ4v) is 12.2. The van der Waals surface area contributed by atoms with E-state index in [9.17, 15) is 24.0 Å². The number of benzene rings is 8. The topological polar surface area (TPSA) is 195 Å². The maximum absolute atomic E-state index is 13.6. The Morgan fingerprint density at radius 2 is 0.685 bits per heavy atom. The zero-order chi connectivity index (χ0) is 62.2. The fourth-order valence-electron chi connectivity index (χ4n) is 12.2. The molecule has 11 rings (SSSR count). The van der Waals surface area contributed by atoms with E-state index in [1.54, 1.807) is 53.7 Å². The fraction of sp³-hybridized carbons (Fsp3) is 0.274. The van der Waals surface area contributed by atoms with Crippen molar-refractivity contribution in [3.63, 3.8) is 0 Å². The minimum Gasteiger partial charge on any atom is -0.449 e. The summed E-state index contributed by atoms with van der Waals surface area (Å²) in [4.78, 5) is 69.7. The van der Waals surface area contributed by atoms with Crippen LogP contribution < -0.4 is 26.6 Å². The number of nitrogens with one attached hydrogen (secondary N) is 5. The Hall–Kier alpha value is -9.93. The Kier molecular flexibility index (Phi) is 18.1. The van der Waals surface area contributed by atoms with E-state index < -0.39 is 41.7 Å². The molecule has 456 valence electrons. The highest BCUT2D eigenvalue weighted by molar-refractivity contribution is 5.89. The zero-order valence-electron chi connectivity index (χ0n) is 50.9. The lowest BCUT2D eigenvalue weighted by Crippen LogP contribution is -2.40. The molecular formula is C73H74N6O10. The van der Waals surface area contributed by atoms with Gasteiger partial charge < -0.3 is 39.6 Å². The number of amides is 5. The van der Waals surface area contributed by atoms with Gasteiger partial charge in [-0.25, -0.2) is 24.0 Å². The number of hydrogen-bond donors (Lipinski definition) is 5. The lowest BCUT2D eigenvalue weighted by molar-refractivity contribution is 0.0624. The normalized spacial score (nSPS) is 13.0. The monoisotopic (exact) mass is 1190 g/mol. The van der Waals surface area contributed by atoms with Gasteiger partial charge in [0.1, 0.15) is 31.0 Å². The molecule has 16 heteroatoms. The van der Waals surface area contributed by atoms with Crippen molar-refractivity contribution in [1.29, 1.82) is 0 Å². The first kappa shape index (κ1) is 60.7. The Morgan fingerprint density at radius 1 is 0.382 bits per heavy atom. The van der Waals surface area contributed by atoms with Gasteiger partial charge in [-0.2, -0.15) is 0 Å². The third-order valence-electron chi connectivity index (χ3n) is 16.1. The first-order chi connectivity index (χ1) is 42.9. The second-order valence-corrected chi connectivity index (χ2v) is 24.5. The van der Waals surface area contributed by atoms with Gasteiger partial charge in [-0.05, 0) is 155 Å². The number of hydrogen-bond acceptors (Lipinski definition) is 11. The van der Waals surface area contributed by atoms with Gasteiger partial charge >= 0.3 is 30.5 Å². The van der Waals surface area contributed by atoms with Gasteiger partial charge in [-0.15, -0.1) is 0 Å². The van der Waals surface area contributed by atoms with Crippen LogP contribution in [0.2, 0.25) is 0 Å². The van der Waals surface area contributed by atoms with Crippen molar-refractivity contribution in [2.24, 2.45) is 0 Å². The average molecular weight is 1200 g/mol. The van der Waals surface area contributed by atoms with E-state index in [-0.39, 0.29) is 63.8 Å². The summed E-state index contributed by atoms with van der Waals surface area (Å²) in [5.74, 6) is -0.389. The first-order valence-electron chi connectivity index (χ1n) is 30.2. The van der Waals surface area contributed by atoms with Gasteiger partial charge in [0.15, 0.2) is 0 Å². The van der Waals surface area contributed by atoms with Crippen LogP contribution in [-0.4, -0.2) is 92.6 Å². The molecule has 0 aliphatic heterocycles. The van der Waals surface area contributed by atoms with Crippen LogP contribution >= 0.6 is 0 Å². The second-order valence-electron chi connectivity index (χ2n) is 24.5. The van der Waals surface area contributed by atoms with Crippen molar-refractivity contribution in [3.8, 4) is 44.5 Å². The van der Waals surface area contributed by atoms with Crippen LogP contribution in [-0.2, 0) is 36.8 Å². The van der Waals surface area contributed by atoms with Gasteiger partial charge in [0.05, 0.1) is 0 Å². The number of nitrogens with zero attached hydrogens (tertiary/aromatic N) is 1. The number of rotatable bonds is 19. The predicted octanol–water partition coefficient (Wildman–Crippen LogP) is 15.0. The molecule has 0 heterocycles. The first-order valence-corrected chi connectivity index (χ1v) is 30.2. The Balaban J connectivity index is 0.826. The SMILES string of the molecule is CC(C)(C)OC(=O)Nc1ccc(-c2ccc(NC(=O)OC(C)(C)C)c(CN(CCNC(=O)OCC3c4ccccc4-c4ccccc43)CCNC(=O)OCC3c4ccccc4-c4ccccc43)c2)cc1CNC(=O)OCC1c2ccccc2-c2ccccc21. The Bertz CT molecular complexity index is 3690. The smallest absolute Gasteiger partial charge is 0.412 e. The van der Waals surface area contributed by atoms with Crippen LogP contribution in [0, 0.1) is 0 Å². The molecule has 8 aromatic carbocycles. The molecule has 89 heavy (non-hydrogen) atoms. The van der Waals surface area contributed by atoms with E-state index in [4.69, 9.17) is 23.7 Å². The molecule has 0 bridgehead atoms.